The van der Waals surface area contributed by atoms with Crippen LogP contribution in [0.15, 0.2) is 18.3 Å². The molecule has 3 heterocycles. The van der Waals surface area contributed by atoms with E-state index in [0.717, 1.165) is 0 Å². The van der Waals surface area contributed by atoms with Crippen molar-refractivity contribution < 1.29 is 18.3 Å². The molecule has 0 aromatic carbocycles. The highest BCUT2D eigenvalue weighted by molar-refractivity contribution is 5.94. The molecule has 0 radical (unpaired) electrons. The number of morpholine rings is 1. The lowest BCUT2D eigenvalue weighted by molar-refractivity contribution is 0.0302. The van der Waals surface area contributed by atoms with Gasteiger partial charge >= 0.3 is 0 Å². The Kier molecular flexibility index (Phi) is 5.00. The van der Waals surface area contributed by atoms with E-state index in [-0.39, 0.29) is 17.5 Å². The van der Waals surface area contributed by atoms with Crippen LogP contribution in [-0.4, -0.2) is 56.9 Å². The molecule has 1 unspecified atom stereocenters. The first-order chi connectivity index (χ1) is 12.0. The van der Waals surface area contributed by atoms with Crippen molar-refractivity contribution in [1.82, 2.24) is 24.6 Å². The molecule has 0 aliphatic carbocycles. The van der Waals surface area contributed by atoms with Crippen molar-refractivity contribution in [1.29, 1.82) is 0 Å². The van der Waals surface area contributed by atoms with Crippen LogP contribution in [0, 0.1) is 0 Å². The molecule has 1 aliphatic heterocycles. The molecule has 2 N–H and O–H groups in total. The third-order valence-electron chi connectivity index (χ3n) is 3.76. The van der Waals surface area contributed by atoms with E-state index in [1.54, 1.807) is 17.9 Å². The van der Waals surface area contributed by atoms with Crippen molar-refractivity contribution in [2.24, 2.45) is 5.73 Å². The maximum absolute atomic E-state index is 12.9. The number of pyridine rings is 1. The first-order valence-corrected chi connectivity index (χ1v) is 7.81. The second-order valence-corrected chi connectivity index (χ2v) is 5.64. The van der Waals surface area contributed by atoms with E-state index in [9.17, 15) is 13.6 Å². The van der Waals surface area contributed by atoms with Crippen LogP contribution in [-0.2, 0) is 4.74 Å². The standard InChI is InChI=1S/C15H18F2N6O2/c1-9(18)14-20-13(12(16)17)21-23(14)11-3-2-10(8-19-11)15(24)22-4-6-25-7-5-22/h2-3,8-9,12H,4-7,18H2,1H3. The van der Waals surface area contributed by atoms with Gasteiger partial charge in [-0.15, -0.1) is 5.10 Å². The average Bonchev–Trinajstić information content (AvgIpc) is 3.08. The zero-order valence-electron chi connectivity index (χ0n) is 13.6. The summed E-state index contributed by atoms with van der Waals surface area (Å²) in [7, 11) is 0. The van der Waals surface area contributed by atoms with Crippen molar-refractivity contribution in [3.8, 4) is 5.82 Å². The van der Waals surface area contributed by atoms with Gasteiger partial charge < -0.3 is 15.4 Å². The lowest BCUT2D eigenvalue weighted by Gasteiger charge is -2.26. The summed E-state index contributed by atoms with van der Waals surface area (Å²) < 4.78 is 32.1. The fraction of sp³-hybridized carbons (Fsp3) is 0.467. The van der Waals surface area contributed by atoms with Gasteiger partial charge in [0.15, 0.2) is 11.6 Å². The van der Waals surface area contributed by atoms with Gasteiger partial charge in [-0.05, 0) is 19.1 Å². The summed E-state index contributed by atoms with van der Waals surface area (Å²) >= 11 is 0. The summed E-state index contributed by atoms with van der Waals surface area (Å²) in [5, 5.41) is 3.77. The number of rotatable bonds is 4. The molecular weight excluding hydrogens is 334 g/mol. The van der Waals surface area contributed by atoms with Crippen LogP contribution in [0.1, 0.15) is 41.4 Å². The molecule has 1 atom stereocenters. The highest BCUT2D eigenvalue weighted by Gasteiger charge is 2.22. The molecule has 2 aromatic rings. The third-order valence-corrected chi connectivity index (χ3v) is 3.76. The second-order valence-electron chi connectivity index (χ2n) is 5.64. The second kappa shape index (κ2) is 7.19. The maximum Gasteiger partial charge on any atom is 0.299 e. The van der Waals surface area contributed by atoms with Gasteiger partial charge in [-0.3, -0.25) is 4.79 Å². The van der Waals surface area contributed by atoms with E-state index in [2.05, 4.69) is 15.1 Å². The van der Waals surface area contributed by atoms with Crippen molar-refractivity contribution in [2.75, 3.05) is 26.3 Å². The van der Waals surface area contributed by atoms with Crippen LogP contribution in [0.25, 0.3) is 5.82 Å². The summed E-state index contributed by atoms with van der Waals surface area (Å²) in [6.45, 7) is 3.67. The lowest BCUT2D eigenvalue weighted by atomic mass is 10.2. The molecule has 1 saturated heterocycles. The summed E-state index contributed by atoms with van der Waals surface area (Å²) in [4.78, 5) is 22.0. The molecule has 0 saturated carbocycles. The Labute approximate surface area is 142 Å². The van der Waals surface area contributed by atoms with Crippen LogP contribution >= 0.6 is 0 Å². The number of hydrogen-bond acceptors (Lipinski definition) is 6. The Morgan fingerprint density at radius 2 is 2.04 bits per heavy atom. The van der Waals surface area contributed by atoms with Gasteiger partial charge in [0, 0.05) is 19.3 Å². The third kappa shape index (κ3) is 3.64. The molecule has 3 rings (SSSR count). The smallest absolute Gasteiger partial charge is 0.299 e. The summed E-state index contributed by atoms with van der Waals surface area (Å²) in [6, 6.07) is 2.51. The predicted molar refractivity (Wildman–Crippen MR) is 83.4 cm³/mol. The number of alkyl halides is 2. The quantitative estimate of drug-likeness (QED) is 0.884. The number of hydrogen-bond donors (Lipinski definition) is 1. The molecule has 1 amide bonds. The van der Waals surface area contributed by atoms with Gasteiger partial charge in [-0.2, -0.15) is 4.68 Å². The molecule has 8 nitrogen and oxygen atoms in total. The Balaban J connectivity index is 1.86. The zero-order chi connectivity index (χ0) is 18.0. The van der Waals surface area contributed by atoms with E-state index in [1.165, 1.54) is 16.9 Å². The van der Waals surface area contributed by atoms with Gasteiger partial charge in [0.05, 0.1) is 24.8 Å². The zero-order valence-corrected chi connectivity index (χ0v) is 13.6. The highest BCUT2D eigenvalue weighted by Crippen LogP contribution is 2.20. The monoisotopic (exact) mass is 352 g/mol. The number of carbonyl (C=O) groups excluding carboxylic acids is 1. The first kappa shape index (κ1) is 17.4. The fourth-order valence-electron chi connectivity index (χ4n) is 2.48. The van der Waals surface area contributed by atoms with Crippen LogP contribution in [0.4, 0.5) is 8.78 Å². The van der Waals surface area contributed by atoms with Crippen LogP contribution in [0.2, 0.25) is 0 Å². The van der Waals surface area contributed by atoms with Crippen LogP contribution in [0.5, 0.6) is 0 Å². The van der Waals surface area contributed by atoms with Gasteiger partial charge in [-0.1, -0.05) is 0 Å². The summed E-state index contributed by atoms with van der Waals surface area (Å²) in [6.07, 6.45) is -1.41. The molecule has 1 fully saturated rings. The largest absolute Gasteiger partial charge is 0.378 e. The summed E-state index contributed by atoms with van der Waals surface area (Å²) in [5.74, 6) is -0.315. The fourth-order valence-corrected chi connectivity index (χ4v) is 2.48. The Morgan fingerprint density at radius 1 is 1.32 bits per heavy atom. The molecule has 25 heavy (non-hydrogen) atoms. The van der Waals surface area contributed by atoms with Gasteiger partial charge in [0.1, 0.15) is 0 Å². The molecule has 0 spiro atoms. The molecular formula is C15H18F2N6O2. The number of aromatic nitrogens is 4. The summed E-state index contributed by atoms with van der Waals surface area (Å²) in [5.41, 5.74) is 6.18. The van der Waals surface area contributed by atoms with Gasteiger partial charge in [-0.25, -0.2) is 18.7 Å². The maximum atomic E-state index is 12.9. The van der Waals surface area contributed by atoms with Gasteiger partial charge in [0.2, 0.25) is 5.82 Å². The minimum atomic E-state index is -2.80. The van der Waals surface area contributed by atoms with E-state index in [0.29, 0.717) is 31.9 Å². The number of carbonyl (C=O) groups is 1. The number of nitrogens with two attached hydrogens (primary N) is 1. The topological polar surface area (TPSA) is 99.2 Å². The van der Waals surface area contributed by atoms with E-state index >= 15 is 0 Å². The predicted octanol–water partition coefficient (Wildman–Crippen LogP) is 1.09. The minimum absolute atomic E-state index is 0.151. The molecule has 1 aliphatic rings. The van der Waals surface area contributed by atoms with Crippen molar-refractivity contribution in [3.63, 3.8) is 0 Å². The Bertz CT molecular complexity index is 741. The highest BCUT2D eigenvalue weighted by atomic mass is 19.3. The number of amides is 1. The molecule has 134 valence electrons. The van der Waals surface area contributed by atoms with Gasteiger partial charge in [0.25, 0.3) is 12.3 Å². The van der Waals surface area contributed by atoms with Crippen LogP contribution < -0.4 is 5.73 Å². The molecule has 0 bridgehead atoms. The van der Waals surface area contributed by atoms with E-state index in [4.69, 9.17) is 10.5 Å². The SMILES string of the molecule is CC(N)c1nc(C(F)F)nn1-c1ccc(C(=O)N2CCOCC2)cn1. The number of nitrogens with zero attached hydrogens (tertiary/aromatic N) is 5. The minimum Gasteiger partial charge on any atom is -0.378 e. The Hall–Kier alpha value is -2.46. The van der Waals surface area contributed by atoms with Crippen LogP contribution in [0.3, 0.4) is 0 Å². The normalized spacial score (nSPS) is 16.3. The van der Waals surface area contributed by atoms with E-state index in [1.807, 2.05) is 0 Å². The lowest BCUT2D eigenvalue weighted by Crippen LogP contribution is -2.40. The van der Waals surface area contributed by atoms with Crippen molar-refractivity contribution >= 4 is 5.91 Å². The molecule has 2 aromatic heterocycles. The number of ether oxygens (including phenoxy) is 1. The average molecular weight is 352 g/mol. The first-order valence-electron chi connectivity index (χ1n) is 7.81. The van der Waals surface area contributed by atoms with Crippen molar-refractivity contribution in [2.45, 2.75) is 19.4 Å². The Morgan fingerprint density at radius 3 is 2.60 bits per heavy atom. The molecule has 10 heteroatoms. The number of halogens is 2. The van der Waals surface area contributed by atoms with Crippen molar-refractivity contribution in [3.05, 3.63) is 35.5 Å². The van der Waals surface area contributed by atoms with E-state index < -0.39 is 18.3 Å².